The molecule has 0 unspecified atom stereocenters. The van der Waals surface area contributed by atoms with Crippen molar-refractivity contribution in [2.24, 2.45) is 5.92 Å². The van der Waals surface area contributed by atoms with Gasteiger partial charge in [0, 0.05) is 43.0 Å². The number of pyridine rings is 1. The SMILES string of the molecule is C[C@@H]1[C@H](CN(C)[C@@H](C)c2ccccc2)O[C@H](c2cccc(-c3cccc(CNC(=O)c4cccnc4)c3)c2)O[C@@H]1c1ccc(CO)cc1. The van der Waals surface area contributed by atoms with Crippen LogP contribution in [0, 0.1) is 5.92 Å². The smallest absolute Gasteiger partial charge is 0.253 e. The zero-order valence-corrected chi connectivity index (χ0v) is 27.7. The lowest BCUT2D eigenvalue weighted by atomic mass is 9.89. The molecule has 1 fully saturated rings. The molecule has 0 bridgehead atoms. The highest BCUT2D eigenvalue weighted by atomic mass is 16.7. The molecule has 4 aromatic carbocycles. The fourth-order valence-corrected chi connectivity index (χ4v) is 6.26. The standard InChI is InChI=1S/C41H43N3O4/c1-28-38(26-44(3)29(2)32-11-5-4-6-12-32)47-41(48-39(28)33-19-17-30(27-45)18-20-33)36-15-8-14-35(23-36)34-13-7-10-31(22-34)24-43-40(46)37-16-9-21-42-25-37/h4-23,25,28-29,38-39,41,45H,24,26-27H2,1-3H3,(H,43,46)/t28-,29+,38+,39+,41+/m1/s1. The van der Waals surface area contributed by atoms with Crippen LogP contribution in [0.4, 0.5) is 0 Å². The second kappa shape index (κ2) is 15.5. The summed E-state index contributed by atoms with van der Waals surface area (Å²) in [7, 11) is 2.15. The molecule has 2 N–H and O–H groups in total. The molecule has 48 heavy (non-hydrogen) atoms. The normalized spacial score (nSPS) is 19.9. The van der Waals surface area contributed by atoms with E-state index in [0.29, 0.717) is 12.1 Å². The number of aromatic nitrogens is 1. The predicted octanol–water partition coefficient (Wildman–Crippen LogP) is 7.66. The van der Waals surface area contributed by atoms with Gasteiger partial charge in [0.1, 0.15) is 0 Å². The van der Waals surface area contributed by atoms with Crippen LogP contribution < -0.4 is 5.32 Å². The van der Waals surface area contributed by atoms with Crippen molar-refractivity contribution in [2.75, 3.05) is 13.6 Å². The molecule has 246 valence electrons. The molecule has 7 nitrogen and oxygen atoms in total. The number of hydrogen-bond donors (Lipinski definition) is 2. The molecule has 7 heteroatoms. The van der Waals surface area contributed by atoms with Gasteiger partial charge in [-0.25, -0.2) is 0 Å². The van der Waals surface area contributed by atoms with Gasteiger partial charge in [-0.1, -0.05) is 97.9 Å². The van der Waals surface area contributed by atoms with E-state index in [0.717, 1.165) is 39.9 Å². The number of hydrogen-bond acceptors (Lipinski definition) is 6. The topological polar surface area (TPSA) is 83.9 Å². The Morgan fingerprint density at radius 3 is 2.33 bits per heavy atom. The van der Waals surface area contributed by atoms with Crippen LogP contribution in [0.2, 0.25) is 0 Å². The van der Waals surface area contributed by atoms with Crippen LogP contribution in [-0.4, -0.2) is 40.6 Å². The number of likely N-dealkylation sites (N-methyl/N-ethyl adjacent to an activating group) is 1. The van der Waals surface area contributed by atoms with Crippen molar-refractivity contribution in [1.82, 2.24) is 15.2 Å². The Morgan fingerprint density at radius 1 is 0.854 bits per heavy atom. The molecule has 1 aromatic heterocycles. The van der Waals surface area contributed by atoms with Crippen molar-refractivity contribution < 1.29 is 19.4 Å². The van der Waals surface area contributed by atoms with E-state index in [4.69, 9.17) is 9.47 Å². The Bertz CT molecular complexity index is 1780. The van der Waals surface area contributed by atoms with Crippen molar-refractivity contribution in [2.45, 2.75) is 51.5 Å². The summed E-state index contributed by atoms with van der Waals surface area (Å²) in [6.07, 6.45) is 2.35. The predicted molar refractivity (Wildman–Crippen MR) is 188 cm³/mol. The van der Waals surface area contributed by atoms with Gasteiger partial charge in [0.15, 0.2) is 6.29 Å². The molecule has 0 spiro atoms. The molecular weight excluding hydrogens is 598 g/mol. The lowest BCUT2D eigenvalue weighted by Crippen LogP contribution is -2.44. The van der Waals surface area contributed by atoms with E-state index in [1.165, 1.54) is 5.56 Å². The van der Waals surface area contributed by atoms with Crippen LogP contribution in [0.3, 0.4) is 0 Å². The average molecular weight is 642 g/mol. The number of benzene rings is 4. The lowest BCUT2D eigenvalue weighted by Gasteiger charge is -2.43. The number of rotatable bonds is 11. The van der Waals surface area contributed by atoms with Crippen LogP contribution in [0.25, 0.3) is 11.1 Å². The highest BCUT2D eigenvalue weighted by molar-refractivity contribution is 5.93. The quantitative estimate of drug-likeness (QED) is 0.154. The molecule has 0 radical (unpaired) electrons. The monoisotopic (exact) mass is 641 g/mol. The van der Waals surface area contributed by atoms with Crippen molar-refractivity contribution in [3.8, 4) is 11.1 Å². The van der Waals surface area contributed by atoms with E-state index in [2.05, 4.69) is 103 Å². The first-order valence-electron chi connectivity index (χ1n) is 16.5. The van der Waals surface area contributed by atoms with Gasteiger partial charge in [0.25, 0.3) is 5.91 Å². The molecule has 0 saturated carbocycles. The molecule has 1 amide bonds. The second-order valence-corrected chi connectivity index (χ2v) is 12.6. The van der Waals surface area contributed by atoms with Crippen LogP contribution in [0.15, 0.2) is 128 Å². The third-order valence-electron chi connectivity index (χ3n) is 9.33. The number of nitrogens with one attached hydrogen (secondary N) is 1. The van der Waals surface area contributed by atoms with Crippen molar-refractivity contribution in [1.29, 1.82) is 0 Å². The molecule has 6 rings (SSSR count). The molecule has 1 aliphatic rings. The third kappa shape index (κ3) is 7.89. The van der Waals surface area contributed by atoms with Gasteiger partial charge in [-0.3, -0.25) is 14.7 Å². The maximum absolute atomic E-state index is 12.6. The van der Waals surface area contributed by atoms with Gasteiger partial charge in [0.05, 0.1) is 24.4 Å². The minimum Gasteiger partial charge on any atom is -0.392 e. The van der Waals surface area contributed by atoms with E-state index < -0.39 is 6.29 Å². The van der Waals surface area contributed by atoms with Gasteiger partial charge < -0.3 is 19.9 Å². The van der Waals surface area contributed by atoms with E-state index in [1.807, 2.05) is 36.4 Å². The molecular formula is C41H43N3O4. The zero-order valence-electron chi connectivity index (χ0n) is 27.7. The molecule has 1 saturated heterocycles. The Kier molecular flexibility index (Phi) is 10.7. The molecule has 5 aromatic rings. The maximum Gasteiger partial charge on any atom is 0.253 e. The Balaban J connectivity index is 1.23. The number of nitrogens with zero attached hydrogens (tertiary/aromatic N) is 2. The first kappa shape index (κ1) is 33.2. The van der Waals surface area contributed by atoms with Crippen LogP contribution in [-0.2, 0) is 22.6 Å². The van der Waals surface area contributed by atoms with Crippen molar-refractivity contribution in [3.05, 3.63) is 161 Å². The number of carbonyl (C=O) groups excluding carboxylic acids is 1. The van der Waals surface area contributed by atoms with Gasteiger partial charge in [0.2, 0.25) is 0 Å². The number of amides is 1. The minimum absolute atomic E-state index is 0.00273. The van der Waals surface area contributed by atoms with E-state index in [9.17, 15) is 9.90 Å². The molecule has 5 atom stereocenters. The fraction of sp³-hybridized carbons (Fsp3) is 0.268. The molecule has 1 aliphatic heterocycles. The maximum atomic E-state index is 12.6. The van der Waals surface area contributed by atoms with Gasteiger partial charge in [-0.15, -0.1) is 0 Å². The molecule has 0 aliphatic carbocycles. The summed E-state index contributed by atoms with van der Waals surface area (Å²) in [5.74, 6) is -0.0800. The Morgan fingerprint density at radius 2 is 1.60 bits per heavy atom. The summed E-state index contributed by atoms with van der Waals surface area (Å²) in [4.78, 5) is 19.0. The van der Waals surface area contributed by atoms with Crippen LogP contribution in [0.5, 0.6) is 0 Å². The van der Waals surface area contributed by atoms with Crippen molar-refractivity contribution in [3.63, 3.8) is 0 Å². The summed E-state index contributed by atoms with van der Waals surface area (Å²) in [5, 5.41) is 12.6. The average Bonchev–Trinajstić information content (AvgIpc) is 3.15. The summed E-state index contributed by atoms with van der Waals surface area (Å²) >= 11 is 0. The Hall–Kier alpha value is -4.66. The zero-order chi connectivity index (χ0) is 33.5. The van der Waals surface area contributed by atoms with E-state index in [1.54, 1.807) is 24.5 Å². The summed E-state index contributed by atoms with van der Waals surface area (Å²) < 4.78 is 13.6. The number of ether oxygens (including phenoxy) is 2. The lowest BCUT2D eigenvalue weighted by molar-refractivity contribution is -0.276. The number of aliphatic hydroxyl groups is 1. The minimum atomic E-state index is -0.573. The first-order valence-corrected chi connectivity index (χ1v) is 16.5. The van der Waals surface area contributed by atoms with E-state index in [-0.39, 0.29) is 36.7 Å². The summed E-state index contributed by atoms with van der Waals surface area (Å²) in [5.41, 5.74) is 7.74. The highest BCUT2D eigenvalue weighted by Gasteiger charge is 2.39. The first-order chi connectivity index (χ1) is 23.4. The van der Waals surface area contributed by atoms with Gasteiger partial charge >= 0.3 is 0 Å². The van der Waals surface area contributed by atoms with Crippen LogP contribution in [0.1, 0.15) is 70.5 Å². The highest BCUT2D eigenvalue weighted by Crippen LogP contribution is 2.42. The van der Waals surface area contributed by atoms with Crippen LogP contribution >= 0.6 is 0 Å². The fourth-order valence-electron chi connectivity index (χ4n) is 6.26. The second-order valence-electron chi connectivity index (χ2n) is 12.6. The summed E-state index contributed by atoms with van der Waals surface area (Å²) in [6.45, 7) is 5.56. The summed E-state index contributed by atoms with van der Waals surface area (Å²) in [6, 6.07) is 38.8. The van der Waals surface area contributed by atoms with Crippen molar-refractivity contribution >= 4 is 5.91 Å². The largest absolute Gasteiger partial charge is 0.392 e. The van der Waals surface area contributed by atoms with Gasteiger partial charge in [-0.05, 0) is 71.6 Å². The Labute approximate surface area is 283 Å². The number of aliphatic hydroxyl groups excluding tert-OH is 1. The number of carbonyl (C=O) groups is 1. The van der Waals surface area contributed by atoms with E-state index >= 15 is 0 Å². The van der Waals surface area contributed by atoms with Gasteiger partial charge in [-0.2, -0.15) is 0 Å². The molecule has 2 heterocycles. The third-order valence-corrected chi connectivity index (χ3v) is 9.33.